The molecular weight excluding hydrogens is 604 g/mol. The number of carbonyl (C=O) groups is 6. The van der Waals surface area contributed by atoms with Crippen molar-refractivity contribution in [2.24, 2.45) is 50.3 Å². The van der Waals surface area contributed by atoms with Crippen LogP contribution in [0.2, 0.25) is 0 Å². The lowest BCUT2D eigenvalue weighted by molar-refractivity contribution is -0.145. The molecule has 0 aromatic carbocycles. The van der Waals surface area contributed by atoms with Gasteiger partial charge in [0.25, 0.3) is 0 Å². The van der Waals surface area contributed by atoms with E-state index in [0.717, 1.165) is 0 Å². The second kappa shape index (κ2) is 19.7. The molecule has 0 aliphatic carbocycles. The van der Waals surface area contributed by atoms with Crippen LogP contribution in [0.5, 0.6) is 0 Å². The highest BCUT2D eigenvalue weighted by Gasteiger charge is 2.39. The molecule has 19 heteroatoms. The lowest BCUT2D eigenvalue weighted by Gasteiger charge is -2.31. The molecule has 19 nitrogen and oxygen atoms in total. The van der Waals surface area contributed by atoms with Gasteiger partial charge in [0.1, 0.15) is 24.2 Å². The smallest absolute Gasteiger partial charge is 0.326 e. The first-order chi connectivity index (χ1) is 21.5. The number of likely N-dealkylation sites (tertiary alicyclic amines) is 1. The largest absolute Gasteiger partial charge is 0.480 e. The van der Waals surface area contributed by atoms with E-state index >= 15 is 0 Å². The zero-order valence-corrected chi connectivity index (χ0v) is 26.4. The van der Waals surface area contributed by atoms with Gasteiger partial charge in [-0.3, -0.25) is 34.0 Å². The van der Waals surface area contributed by atoms with Crippen molar-refractivity contribution in [3.05, 3.63) is 0 Å². The van der Waals surface area contributed by atoms with Crippen molar-refractivity contribution >= 4 is 47.4 Å². The maximum atomic E-state index is 13.8. The summed E-state index contributed by atoms with van der Waals surface area (Å²) in [6.07, 6.45) is 1.33. The fraction of sp³-hybridized carbons (Fsp3) is 0.704. The van der Waals surface area contributed by atoms with Gasteiger partial charge in [-0.2, -0.15) is 0 Å². The maximum absolute atomic E-state index is 13.8. The van der Waals surface area contributed by atoms with Crippen LogP contribution in [0, 0.1) is 5.92 Å². The molecule has 0 bridgehead atoms. The quantitative estimate of drug-likeness (QED) is 0.0340. The summed E-state index contributed by atoms with van der Waals surface area (Å²) in [6, 6.07) is -5.53. The molecule has 260 valence electrons. The molecule has 1 fully saturated rings. The lowest BCUT2D eigenvalue weighted by Crippen LogP contribution is -2.59. The van der Waals surface area contributed by atoms with Crippen molar-refractivity contribution < 1.29 is 33.9 Å². The van der Waals surface area contributed by atoms with E-state index in [1.807, 2.05) is 0 Å². The molecule has 5 unspecified atom stereocenters. The standard InChI is InChI=1S/C27H50N12O7/c1-14(2)20(38-21(41)15(28)9-10-19(29)40)23(43)36-16(6-3-11-34-26(30)31)24(44)39-13-5-8-18(39)22(42)37-17(25(45)46)7-4-12-35-27(32)33/h14-18,20H,3-13,28H2,1-2H3,(H2,29,40)(H,36,43)(H,37,42)(H,38,41)(H,45,46)(H4,30,31,34)(H4,32,33,35). The average Bonchev–Trinajstić information content (AvgIpc) is 3.46. The molecule has 1 aliphatic rings. The Morgan fingerprint density at radius 2 is 1.39 bits per heavy atom. The number of nitrogens with zero attached hydrogens (tertiary/aromatic N) is 3. The van der Waals surface area contributed by atoms with Crippen molar-refractivity contribution in [2.75, 3.05) is 19.6 Å². The molecule has 0 aromatic heterocycles. The number of carboxylic acids is 1. The number of aliphatic carboxylic acids is 1. The van der Waals surface area contributed by atoms with Crippen LogP contribution in [0.15, 0.2) is 9.98 Å². The molecule has 1 heterocycles. The normalized spacial score (nSPS) is 16.8. The Hall–Kier alpha value is -4.68. The van der Waals surface area contributed by atoms with Crippen LogP contribution in [0.4, 0.5) is 0 Å². The Bertz CT molecular complexity index is 1140. The van der Waals surface area contributed by atoms with Crippen molar-refractivity contribution in [3.8, 4) is 0 Å². The molecule has 46 heavy (non-hydrogen) atoms. The highest BCUT2D eigenvalue weighted by Crippen LogP contribution is 2.20. The Morgan fingerprint density at radius 3 is 1.89 bits per heavy atom. The van der Waals surface area contributed by atoms with Gasteiger partial charge in [0.15, 0.2) is 11.9 Å². The third-order valence-electron chi connectivity index (χ3n) is 7.24. The number of nitrogens with one attached hydrogen (secondary N) is 3. The van der Waals surface area contributed by atoms with E-state index in [4.69, 9.17) is 34.4 Å². The SMILES string of the molecule is CC(C)C(NC(=O)C(N)CCC(N)=O)C(=O)NC(CCCN=C(N)N)C(=O)N1CCCC1C(=O)NC(CCCN=C(N)N)C(=O)O. The van der Waals surface area contributed by atoms with Crippen LogP contribution in [0.1, 0.15) is 65.2 Å². The highest BCUT2D eigenvalue weighted by molar-refractivity contribution is 5.96. The van der Waals surface area contributed by atoms with E-state index in [2.05, 4.69) is 25.9 Å². The minimum absolute atomic E-state index is 0.0169. The molecule has 16 N–H and O–H groups in total. The van der Waals surface area contributed by atoms with Crippen LogP contribution >= 0.6 is 0 Å². The van der Waals surface area contributed by atoms with Gasteiger partial charge in [0, 0.05) is 26.1 Å². The van der Waals surface area contributed by atoms with E-state index < -0.39 is 71.6 Å². The van der Waals surface area contributed by atoms with Crippen molar-refractivity contribution in [1.29, 1.82) is 0 Å². The lowest BCUT2D eigenvalue weighted by atomic mass is 10.0. The van der Waals surface area contributed by atoms with E-state index in [1.54, 1.807) is 13.8 Å². The molecule has 0 saturated carbocycles. The third kappa shape index (κ3) is 14.0. The van der Waals surface area contributed by atoms with Crippen LogP contribution < -0.4 is 50.4 Å². The summed E-state index contributed by atoms with van der Waals surface area (Å²) in [5.41, 5.74) is 32.4. The van der Waals surface area contributed by atoms with Crippen LogP contribution in [0.3, 0.4) is 0 Å². The Kier molecular flexibility index (Phi) is 16.8. The van der Waals surface area contributed by atoms with Crippen molar-refractivity contribution in [3.63, 3.8) is 0 Å². The number of hydrogen-bond donors (Lipinski definition) is 10. The fourth-order valence-electron chi connectivity index (χ4n) is 4.78. The number of carbonyl (C=O) groups excluding carboxylic acids is 5. The Balaban J connectivity index is 3.11. The molecule has 1 rings (SSSR count). The number of rotatable bonds is 20. The minimum Gasteiger partial charge on any atom is -0.480 e. The number of carboxylic acid groups (broad SMARTS) is 1. The molecular formula is C27H50N12O7. The molecule has 1 saturated heterocycles. The molecule has 0 spiro atoms. The second-order valence-electron chi connectivity index (χ2n) is 11.4. The van der Waals surface area contributed by atoms with Gasteiger partial charge in [-0.1, -0.05) is 13.8 Å². The number of primary amides is 1. The minimum atomic E-state index is -1.25. The maximum Gasteiger partial charge on any atom is 0.326 e. The average molecular weight is 655 g/mol. The molecule has 1 aliphatic heterocycles. The first kappa shape index (κ1) is 39.3. The van der Waals surface area contributed by atoms with Gasteiger partial charge in [-0.15, -0.1) is 0 Å². The number of nitrogens with two attached hydrogens (primary N) is 6. The van der Waals surface area contributed by atoms with E-state index in [9.17, 15) is 33.9 Å². The highest BCUT2D eigenvalue weighted by atomic mass is 16.4. The van der Waals surface area contributed by atoms with E-state index in [1.165, 1.54) is 4.90 Å². The summed E-state index contributed by atoms with van der Waals surface area (Å²) >= 11 is 0. The number of amides is 5. The monoisotopic (exact) mass is 654 g/mol. The van der Waals surface area contributed by atoms with Gasteiger partial charge >= 0.3 is 5.97 Å². The number of guanidine groups is 2. The molecule has 5 atom stereocenters. The van der Waals surface area contributed by atoms with Crippen LogP contribution in [-0.2, 0) is 28.8 Å². The first-order valence-electron chi connectivity index (χ1n) is 15.1. The Labute approximate surface area is 267 Å². The third-order valence-corrected chi connectivity index (χ3v) is 7.24. The zero-order chi connectivity index (χ0) is 35.0. The molecule has 5 amide bonds. The summed E-state index contributed by atoms with van der Waals surface area (Å²) in [5, 5.41) is 17.4. The summed E-state index contributed by atoms with van der Waals surface area (Å²) in [5.74, 6) is -5.15. The summed E-state index contributed by atoms with van der Waals surface area (Å²) < 4.78 is 0. The van der Waals surface area contributed by atoms with Crippen molar-refractivity contribution in [2.45, 2.75) is 95.4 Å². The predicted molar refractivity (Wildman–Crippen MR) is 169 cm³/mol. The zero-order valence-electron chi connectivity index (χ0n) is 26.4. The summed E-state index contributed by atoms with van der Waals surface area (Å²) in [4.78, 5) is 85.0. The van der Waals surface area contributed by atoms with Crippen LogP contribution in [-0.4, -0.2) is 107 Å². The van der Waals surface area contributed by atoms with Gasteiger partial charge in [-0.25, -0.2) is 4.79 Å². The summed E-state index contributed by atoms with van der Waals surface area (Å²) in [6.45, 7) is 3.90. The topological polar surface area (TPSA) is 343 Å². The predicted octanol–water partition coefficient (Wildman–Crippen LogP) is -4.13. The van der Waals surface area contributed by atoms with E-state index in [0.29, 0.717) is 6.42 Å². The van der Waals surface area contributed by atoms with Gasteiger partial charge in [0.05, 0.1) is 6.04 Å². The Morgan fingerprint density at radius 1 is 0.826 bits per heavy atom. The van der Waals surface area contributed by atoms with Gasteiger partial charge in [0.2, 0.25) is 29.5 Å². The second-order valence-corrected chi connectivity index (χ2v) is 11.4. The molecule has 0 radical (unpaired) electrons. The first-order valence-corrected chi connectivity index (χ1v) is 15.1. The summed E-state index contributed by atoms with van der Waals surface area (Å²) in [7, 11) is 0. The molecule has 0 aromatic rings. The number of hydrogen-bond acceptors (Lipinski definition) is 9. The number of aliphatic imine (C=N–C) groups is 2. The van der Waals surface area contributed by atoms with Gasteiger partial charge in [-0.05, 0) is 50.9 Å². The van der Waals surface area contributed by atoms with Crippen LogP contribution in [0.25, 0.3) is 0 Å². The van der Waals surface area contributed by atoms with Crippen molar-refractivity contribution in [1.82, 2.24) is 20.9 Å². The van der Waals surface area contributed by atoms with Gasteiger partial charge < -0.3 is 60.4 Å². The van der Waals surface area contributed by atoms with E-state index in [-0.39, 0.29) is 76.5 Å². The fourth-order valence-corrected chi connectivity index (χ4v) is 4.78.